The van der Waals surface area contributed by atoms with Crippen molar-refractivity contribution >= 4 is 44.1 Å². The standard InChI is InChI=1S/C19H18N4OS/c1-20-16-14-6-4-9-22-19(14)25-17(16)18(24)21-10-8-12-11-23-15-7-3-2-5-13(12)15/h2-7,9,11,20,23H,8,10H2,1H3,(H,21,24). The Hall–Kier alpha value is -2.86. The Bertz CT molecular complexity index is 1050. The summed E-state index contributed by atoms with van der Waals surface area (Å²) in [6.45, 7) is 0.589. The van der Waals surface area contributed by atoms with Crippen molar-refractivity contribution in [1.29, 1.82) is 0 Å². The zero-order valence-electron chi connectivity index (χ0n) is 13.8. The Balaban J connectivity index is 1.49. The topological polar surface area (TPSA) is 69.8 Å². The van der Waals surface area contributed by atoms with Crippen molar-refractivity contribution in [2.24, 2.45) is 0 Å². The number of aromatic nitrogens is 2. The molecule has 0 atom stereocenters. The SMILES string of the molecule is CNc1c(C(=O)NCCc2c[nH]c3ccccc23)sc2ncccc12. The average molecular weight is 350 g/mol. The summed E-state index contributed by atoms with van der Waals surface area (Å²) in [5, 5.41) is 8.35. The van der Waals surface area contributed by atoms with Crippen LogP contribution >= 0.6 is 11.3 Å². The molecule has 0 fully saturated rings. The van der Waals surface area contributed by atoms with E-state index in [1.807, 2.05) is 37.5 Å². The molecule has 1 amide bonds. The van der Waals surface area contributed by atoms with E-state index in [-0.39, 0.29) is 5.91 Å². The van der Waals surface area contributed by atoms with E-state index in [4.69, 9.17) is 0 Å². The van der Waals surface area contributed by atoms with Gasteiger partial charge >= 0.3 is 0 Å². The van der Waals surface area contributed by atoms with Crippen molar-refractivity contribution in [3.05, 3.63) is 59.2 Å². The van der Waals surface area contributed by atoms with Crippen LogP contribution in [0.5, 0.6) is 0 Å². The number of para-hydroxylation sites is 1. The first kappa shape index (κ1) is 15.7. The number of aromatic amines is 1. The quantitative estimate of drug-likeness (QED) is 0.513. The predicted molar refractivity (Wildman–Crippen MR) is 104 cm³/mol. The van der Waals surface area contributed by atoms with Crippen molar-refractivity contribution in [2.75, 3.05) is 18.9 Å². The van der Waals surface area contributed by atoms with Crippen molar-refractivity contribution in [3.8, 4) is 0 Å². The maximum absolute atomic E-state index is 12.6. The molecule has 3 heterocycles. The molecule has 0 saturated carbocycles. The number of thiophene rings is 1. The van der Waals surface area contributed by atoms with E-state index in [0.717, 1.165) is 27.8 Å². The molecule has 0 aliphatic carbocycles. The summed E-state index contributed by atoms with van der Waals surface area (Å²) in [6.07, 6.45) is 4.55. The summed E-state index contributed by atoms with van der Waals surface area (Å²) in [5.41, 5.74) is 3.18. The number of hydrogen-bond acceptors (Lipinski definition) is 4. The van der Waals surface area contributed by atoms with Gasteiger partial charge in [-0.25, -0.2) is 4.98 Å². The second-order valence-electron chi connectivity index (χ2n) is 5.78. The third-order valence-electron chi connectivity index (χ3n) is 4.28. The fourth-order valence-corrected chi connectivity index (χ4v) is 4.14. The zero-order chi connectivity index (χ0) is 17.2. The first-order valence-corrected chi connectivity index (χ1v) is 8.98. The molecule has 4 aromatic rings. The number of nitrogens with one attached hydrogen (secondary N) is 3. The summed E-state index contributed by atoms with van der Waals surface area (Å²) in [7, 11) is 1.83. The molecular weight excluding hydrogens is 332 g/mol. The highest BCUT2D eigenvalue weighted by Gasteiger charge is 2.17. The van der Waals surface area contributed by atoms with Crippen molar-refractivity contribution in [2.45, 2.75) is 6.42 Å². The smallest absolute Gasteiger partial charge is 0.263 e. The van der Waals surface area contributed by atoms with Crippen LogP contribution in [0.25, 0.3) is 21.1 Å². The van der Waals surface area contributed by atoms with Gasteiger partial charge in [0.15, 0.2) is 0 Å². The van der Waals surface area contributed by atoms with Crippen LogP contribution in [0.2, 0.25) is 0 Å². The molecule has 5 nitrogen and oxygen atoms in total. The van der Waals surface area contributed by atoms with Crippen LogP contribution in [0.1, 0.15) is 15.2 Å². The molecular formula is C19H18N4OS. The van der Waals surface area contributed by atoms with E-state index >= 15 is 0 Å². The van der Waals surface area contributed by atoms with Crippen LogP contribution in [0.4, 0.5) is 5.69 Å². The normalized spacial score (nSPS) is 11.1. The van der Waals surface area contributed by atoms with Gasteiger partial charge in [-0.05, 0) is 30.2 Å². The number of carbonyl (C=O) groups excluding carboxylic acids is 1. The highest BCUT2D eigenvalue weighted by molar-refractivity contribution is 7.21. The first-order chi connectivity index (χ1) is 12.3. The van der Waals surface area contributed by atoms with Gasteiger partial charge in [0.1, 0.15) is 9.71 Å². The fraction of sp³-hybridized carbons (Fsp3) is 0.158. The average Bonchev–Trinajstić information content (AvgIpc) is 3.23. The summed E-state index contributed by atoms with van der Waals surface area (Å²) in [4.78, 5) is 21.8. The number of benzene rings is 1. The maximum Gasteiger partial charge on any atom is 0.263 e. The first-order valence-electron chi connectivity index (χ1n) is 8.16. The van der Waals surface area contributed by atoms with Crippen molar-refractivity contribution in [3.63, 3.8) is 0 Å². The lowest BCUT2D eigenvalue weighted by Gasteiger charge is -2.06. The van der Waals surface area contributed by atoms with E-state index < -0.39 is 0 Å². The minimum Gasteiger partial charge on any atom is -0.386 e. The Labute approximate surface area is 149 Å². The summed E-state index contributed by atoms with van der Waals surface area (Å²) in [5.74, 6) is -0.0628. The van der Waals surface area contributed by atoms with Crippen LogP contribution in [0.3, 0.4) is 0 Å². The van der Waals surface area contributed by atoms with Crippen LogP contribution < -0.4 is 10.6 Å². The molecule has 3 N–H and O–H groups in total. The third-order valence-corrected chi connectivity index (χ3v) is 5.39. The molecule has 25 heavy (non-hydrogen) atoms. The molecule has 0 unspecified atom stereocenters. The second kappa shape index (κ2) is 6.57. The highest BCUT2D eigenvalue weighted by atomic mass is 32.1. The van der Waals surface area contributed by atoms with Crippen LogP contribution in [0.15, 0.2) is 48.8 Å². The number of nitrogens with zero attached hydrogens (tertiary/aromatic N) is 1. The van der Waals surface area contributed by atoms with Gasteiger partial charge in [-0.1, -0.05) is 18.2 Å². The van der Waals surface area contributed by atoms with Gasteiger partial charge in [-0.2, -0.15) is 0 Å². The lowest BCUT2D eigenvalue weighted by atomic mass is 10.1. The number of rotatable bonds is 5. The molecule has 3 aromatic heterocycles. The fourth-order valence-electron chi connectivity index (χ4n) is 3.07. The van der Waals surface area contributed by atoms with E-state index in [0.29, 0.717) is 11.4 Å². The van der Waals surface area contributed by atoms with Crippen LogP contribution in [0, 0.1) is 0 Å². The number of carbonyl (C=O) groups is 1. The Morgan fingerprint density at radius 2 is 2.04 bits per heavy atom. The summed E-state index contributed by atoms with van der Waals surface area (Å²) >= 11 is 1.42. The molecule has 6 heteroatoms. The van der Waals surface area contributed by atoms with E-state index in [2.05, 4.69) is 32.7 Å². The van der Waals surface area contributed by atoms with E-state index in [9.17, 15) is 4.79 Å². The Morgan fingerprint density at radius 1 is 1.20 bits per heavy atom. The number of fused-ring (bicyclic) bond motifs is 2. The van der Waals surface area contributed by atoms with Gasteiger partial charge in [-0.15, -0.1) is 11.3 Å². The third kappa shape index (κ3) is 2.85. The minimum atomic E-state index is -0.0628. The highest BCUT2D eigenvalue weighted by Crippen LogP contribution is 2.33. The minimum absolute atomic E-state index is 0.0628. The van der Waals surface area contributed by atoms with Gasteiger partial charge in [0.05, 0.1) is 5.69 Å². The summed E-state index contributed by atoms with van der Waals surface area (Å²) < 4.78 is 0. The Morgan fingerprint density at radius 3 is 2.92 bits per heavy atom. The van der Waals surface area contributed by atoms with Gasteiger partial charge in [-0.3, -0.25) is 4.79 Å². The molecule has 4 rings (SSSR count). The Kier molecular flexibility index (Phi) is 4.11. The molecule has 0 radical (unpaired) electrons. The van der Waals surface area contributed by atoms with Crippen molar-refractivity contribution in [1.82, 2.24) is 15.3 Å². The lowest BCUT2D eigenvalue weighted by Crippen LogP contribution is -2.25. The molecule has 126 valence electrons. The number of amides is 1. The van der Waals surface area contributed by atoms with E-state index in [1.165, 1.54) is 22.3 Å². The van der Waals surface area contributed by atoms with Gasteiger partial charge in [0.2, 0.25) is 0 Å². The molecule has 0 aliphatic rings. The lowest BCUT2D eigenvalue weighted by molar-refractivity contribution is 0.0959. The van der Waals surface area contributed by atoms with Gasteiger partial charge < -0.3 is 15.6 Å². The van der Waals surface area contributed by atoms with Gasteiger partial charge in [0.25, 0.3) is 5.91 Å². The predicted octanol–water partition coefficient (Wildman–Crippen LogP) is 3.79. The molecule has 0 bridgehead atoms. The summed E-state index contributed by atoms with van der Waals surface area (Å²) in [6, 6.07) is 12.1. The number of pyridine rings is 1. The zero-order valence-corrected chi connectivity index (χ0v) is 14.6. The van der Waals surface area contributed by atoms with Crippen molar-refractivity contribution < 1.29 is 4.79 Å². The van der Waals surface area contributed by atoms with Crippen LogP contribution in [-0.4, -0.2) is 29.5 Å². The van der Waals surface area contributed by atoms with Crippen LogP contribution in [-0.2, 0) is 6.42 Å². The second-order valence-corrected chi connectivity index (χ2v) is 6.78. The maximum atomic E-state index is 12.6. The van der Waals surface area contributed by atoms with E-state index in [1.54, 1.807) is 6.20 Å². The number of anilines is 1. The molecule has 0 spiro atoms. The molecule has 1 aromatic carbocycles. The molecule has 0 aliphatic heterocycles. The van der Waals surface area contributed by atoms with Gasteiger partial charge in [0, 0.05) is 42.3 Å². The number of H-pyrrole nitrogens is 1. The molecule has 0 saturated heterocycles. The monoisotopic (exact) mass is 350 g/mol. The largest absolute Gasteiger partial charge is 0.386 e. The number of hydrogen-bond donors (Lipinski definition) is 3.